The van der Waals surface area contributed by atoms with Crippen LogP contribution in [-0.4, -0.2) is 28.5 Å². The third-order valence-corrected chi connectivity index (χ3v) is 2.41. The number of phenolic OH excluding ortho intramolecular Hbond substituents is 1. The van der Waals surface area contributed by atoms with E-state index in [1.807, 2.05) is 20.8 Å². The van der Waals surface area contributed by atoms with E-state index in [1.54, 1.807) is 0 Å². The van der Waals surface area contributed by atoms with Gasteiger partial charge in [0.15, 0.2) is 0 Å². The first-order valence-corrected chi connectivity index (χ1v) is 5.26. The second-order valence-corrected chi connectivity index (χ2v) is 3.85. The molecule has 1 rings (SSSR count). The fraction of sp³-hybridized carbons (Fsp3) is 0.417. The third-order valence-electron chi connectivity index (χ3n) is 2.41. The van der Waals surface area contributed by atoms with Crippen LogP contribution in [-0.2, 0) is 0 Å². The van der Waals surface area contributed by atoms with Crippen LogP contribution in [0.1, 0.15) is 31.1 Å². The summed E-state index contributed by atoms with van der Waals surface area (Å²) in [4.78, 5) is 13.5. The number of carbonyl (C=O) groups is 1. The smallest absolute Gasteiger partial charge is 0.257 e. The number of phenols is 1. The summed E-state index contributed by atoms with van der Waals surface area (Å²) in [6.07, 6.45) is 0. The molecule has 16 heavy (non-hydrogen) atoms. The van der Waals surface area contributed by atoms with Crippen molar-refractivity contribution in [3.63, 3.8) is 0 Å². The molecule has 0 spiro atoms. The Hall–Kier alpha value is -1.58. The van der Waals surface area contributed by atoms with Crippen molar-refractivity contribution < 1.29 is 14.3 Å². The molecule has 1 aromatic rings. The number of carbonyl (C=O) groups excluding carboxylic acids is 1. The Morgan fingerprint density at radius 2 is 2.12 bits per heavy atom. The lowest BCUT2D eigenvalue weighted by atomic mass is 10.1. The van der Waals surface area contributed by atoms with Gasteiger partial charge in [-0.15, -0.1) is 0 Å². The number of hydrogen-bond acceptors (Lipinski definition) is 2. The van der Waals surface area contributed by atoms with E-state index in [9.17, 15) is 14.3 Å². The Bertz CT molecular complexity index is 391. The maximum Gasteiger partial charge on any atom is 0.257 e. The average Bonchev–Trinajstić information content (AvgIpc) is 2.22. The molecule has 88 valence electrons. The zero-order valence-electron chi connectivity index (χ0n) is 9.70. The lowest BCUT2D eigenvalue weighted by molar-refractivity contribution is 0.0711. The lowest BCUT2D eigenvalue weighted by Gasteiger charge is -2.25. The summed E-state index contributed by atoms with van der Waals surface area (Å²) in [5.41, 5.74) is -0.0875. The van der Waals surface area contributed by atoms with E-state index in [-0.39, 0.29) is 17.4 Å². The van der Waals surface area contributed by atoms with Crippen molar-refractivity contribution in [2.75, 3.05) is 6.54 Å². The molecule has 0 aromatic heterocycles. The molecule has 0 aliphatic rings. The second-order valence-electron chi connectivity index (χ2n) is 3.85. The van der Waals surface area contributed by atoms with Gasteiger partial charge < -0.3 is 10.0 Å². The van der Waals surface area contributed by atoms with Crippen molar-refractivity contribution in [3.05, 3.63) is 29.6 Å². The van der Waals surface area contributed by atoms with Crippen LogP contribution in [0.5, 0.6) is 5.75 Å². The van der Waals surface area contributed by atoms with Crippen molar-refractivity contribution in [3.8, 4) is 5.75 Å². The molecule has 0 fully saturated rings. The first-order valence-electron chi connectivity index (χ1n) is 5.26. The van der Waals surface area contributed by atoms with Crippen molar-refractivity contribution in [2.45, 2.75) is 26.8 Å². The molecule has 0 aliphatic heterocycles. The molecule has 0 bridgehead atoms. The Morgan fingerprint density at radius 3 is 2.62 bits per heavy atom. The molecular formula is C12H16FNO2. The molecule has 4 heteroatoms. The molecule has 0 unspecified atom stereocenters. The summed E-state index contributed by atoms with van der Waals surface area (Å²) in [7, 11) is 0. The highest BCUT2D eigenvalue weighted by Gasteiger charge is 2.20. The molecular weight excluding hydrogens is 209 g/mol. The van der Waals surface area contributed by atoms with Crippen LogP contribution < -0.4 is 0 Å². The quantitative estimate of drug-likeness (QED) is 0.858. The number of hydrogen-bond donors (Lipinski definition) is 1. The molecule has 1 N–H and O–H groups in total. The molecule has 1 aromatic carbocycles. The van der Waals surface area contributed by atoms with Gasteiger partial charge in [0, 0.05) is 12.6 Å². The van der Waals surface area contributed by atoms with E-state index in [0.717, 1.165) is 12.1 Å². The molecule has 0 heterocycles. The van der Waals surface area contributed by atoms with E-state index in [2.05, 4.69) is 0 Å². The first kappa shape index (κ1) is 12.5. The monoisotopic (exact) mass is 225 g/mol. The van der Waals surface area contributed by atoms with Crippen molar-refractivity contribution >= 4 is 5.91 Å². The van der Waals surface area contributed by atoms with Crippen molar-refractivity contribution in [1.82, 2.24) is 4.90 Å². The summed E-state index contributed by atoms with van der Waals surface area (Å²) in [5, 5.41) is 9.24. The molecule has 3 nitrogen and oxygen atoms in total. The predicted molar refractivity (Wildman–Crippen MR) is 59.9 cm³/mol. The van der Waals surface area contributed by atoms with E-state index in [0.29, 0.717) is 6.54 Å². The van der Waals surface area contributed by atoms with Gasteiger partial charge >= 0.3 is 0 Å². The average molecular weight is 225 g/mol. The summed E-state index contributed by atoms with van der Waals surface area (Å²) in [5.74, 6) is -1.11. The fourth-order valence-corrected chi connectivity index (χ4v) is 1.58. The van der Waals surface area contributed by atoms with Gasteiger partial charge in [0.2, 0.25) is 0 Å². The van der Waals surface area contributed by atoms with E-state index in [1.165, 1.54) is 11.0 Å². The number of benzene rings is 1. The number of rotatable bonds is 3. The van der Waals surface area contributed by atoms with Gasteiger partial charge in [-0.2, -0.15) is 0 Å². The van der Waals surface area contributed by atoms with Crippen LogP contribution in [0.15, 0.2) is 18.2 Å². The van der Waals surface area contributed by atoms with Gasteiger partial charge in [-0.3, -0.25) is 4.79 Å². The van der Waals surface area contributed by atoms with E-state index in [4.69, 9.17) is 0 Å². The van der Waals surface area contributed by atoms with Gasteiger partial charge in [-0.25, -0.2) is 4.39 Å². The molecule has 0 saturated heterocycles. The van der Waals surface area contributed by atoms with Gasteiger partial charge in [0.25, 0.3) is 5.91 Å². The van der Waals surface area contributed by atoms with Crippen LogP contribution in [0.3, 0.4) is 0 Å². The Kier molecular flexibility index (Phi) is 3.88. The SMILES string of the molecule is CCN(C(=O)c1cc(O)ccc1F)C(C)C. The van der Waals surface area contributed by atoms with Crippen LogP contribution in [0, 0.1) is 5.82 Å². The van der Waals surface area contributed by atoms with Crippen LogP contribution >= 0.6 is 0 Å². The maximum atomic E-state index is 13.4. The number of nitrogens with zero attached hydrogens (tertiary/aromatic N) is 1. The fourth-order valence-electron chi connectivity index (χ4n) is 1.58. The molecule has 1 amide bonds. The van der Waals surface area contributed by atoms with Crippen LogP contribution in [0.25, 0.3) is 0 Å². The maximum absolute atomic E-state index is 13.4. The predicted octanol–water partition coefficient (Wildman–Crippen LogP) is 2.40. The molecule has 0 atom stereocenters. The van der Waals surface area contributed by atoms with Gasteiger partial charge in [-0.1, -0.05) is 0 Å². The Balaban J connectivity index is 3.08. The van der Waals surface area contributed by atoms with Gasteiger partial charge in [-0.05, 0) is 39.0 Å². The summed E-state index contributed by atoms with van der Waals surface area (Å²) in [6.45, 7) is 6.06. The molecule has 0 saturated carbocycles. The topological polar surface area (TPSA) is 40.5 Å². The summed E-state index contributed by atoms with van der Waals surface area (Å²) < 4.78 is 13.4. The van der Waals surface area contributed by atoms with Crippen molar-refractivity contribution in [1.29, 1.82) is 0 Å². The normalized spacial score (nSPS) is 10.6. The standard InChI is InChI=1S/C12H16FNO2/c1-4-14(8(2)3)12(16)10-7-9(15)5-6-11(10)13/h5-8,15H,4H2,1-3H3. The van der Waals surface area contributed by atoms with E-state index >= 15 is 0 Å². The second kappa shape index (κ2) is 4.96. The lowest BCUT2D eigenvalue weighted by Crippen LogP contribution is -2.37. The highest BCUT2D eigenvalue weighted by atomic mass is 19.1. The largest absolute Gasteiger partial charge is 0.508 e. The summed E-state index contributed by atoms with van der Waals surface area (Å²) in [6, 6.07) is 3.47. The highest BCUT2D eigenvalue weighted by Crippen LogP contribution is 2.18. The zero-order chi connectivity index (χ0) is 12.3. The number of halogens is 1. The molecule has 0 aliphatic carbocycles. The zero-order valence-corrected chi connectivity index (χ0v) is 9.70. The number of aromatic hydroxyl groups is 1. The molecule has 0 radical (unpaired) electrons. The van der Waals surface area contributed by atoms with Crippen LogP contribution in [0.4, 0.5) is 4.39 Å². The highest BCUT2D eigenvalue weighted by molar-refractivity contribution is 5.95. The van der Waals surface area contributed by atoms with Gasteiger partial charge in [0.05, 0.1) is 5.56 Å². The minimum atomic E-state index is -0.609. The van der Waals surface area contributed by atoms with Crippen molar-refractivity contribution in [2.24, 2.45) is 0 Å². The minimum Gasteiger partial charge on any atom is -0.508 e. The summed E-state index contributed by atoms with van der Waals surface area (Å²) >= 11 is 0. The Labute approximate surface area is 94.5 Å². The van der Waals surface area contributed by atoms with E-state index < -0.39 is 11.7 Å². The first-order chi connectivity index (χ1) is 7.47. The third kappa shape index (κ3) is 2.51. The Morgan fingerprint density at radius 1 is 1.50 bits per heavy atom. The minimum absolute atomic E-state index is 0.000695. The van der Waals surface area contributed by atoms with Gasteiger partial charge in [0.1, 0.15) is 11.6 Å². The number of amides is 1. The van der Waals surface area contributed by atoms with Crippen LogP contribution in [0.2, 0.25) is 0 Å².